The number of carbonyl (C=O) groups is 1. The van der Waals surface area contributed by atoms with Crippen LogP contribution in [0.5, 0.6) is 5.75 Å². The molecule has 0 fully saturated rings. The lowest BCUT2D eigenvalue weighted by Crippen LogP contribution is -2.34. The molecule has 2 heterocycles. The van der Waals surface area contributed by atoms with Gasteiger partial charge in [0.2, 0.25) is 0 Å². The van der Waals surface area contributed by atoms with Gasteiger partial charge in [-0.1, -0.05) is 29.5 Å². The molecular formula is C20H17N5O2. The zero-order valence-electron chi connectivity index (χ0n) is 14.8. The first-order valence-corrected chi connectivity index (χ1v) is 8.57. The summed E-state index contributed by atoms with van der Waals surface area (Å²) in [4.78, 5) is 14.0. The highest BCUT2D eigenvalue weighted by molar-refractivity contribution is 5.97. The smallest absolute Gasteiger partial charge is 0.254 e. The molecule has 4 rings (SSSR count). The van der Waals surface area contributed by atoms with E-state index in [0.717, 1.165) is 29.7 Å². The van der Waals surface area contributed by atoms with Crippen molar-refractivity contribution in [3.05, 3.63) is 64.8 Å². The Morgan fingerprint density at radius 1 is 1.30 bits per heavy atom. The number of nitriles is 1. The number of carbonyl (C=O) groups excluding carboxylic acids is 1. The van der Waals surface area contributed by atoms with Crippen molar-refractivity contribution >= 4 is 5.91 Å². The summed E-state index contributed by atoms with van der Waals surface area (Å²) in [6.45, 7) is 1.09. The van der Waals surface area contributed by atoms with E-state index >= 15 is 0 Å². The maximum absolute atomic E-state index is 12.3. The molecule has 0 saturated heterocycles. The summed E-state index contributed by atoms with van der Waals surface area (Å²) in [5, 5.41) is 19.3. The average molecular weight is 359 g/mol. The molecule has 0 saturated carbocycles. The van der Waals surface area contributed by atoms with E-state index < -0.39 is 0 Å². The Morgan fingerprint density at radius 3 is 3.04 bits per heavy atom. The molecule has 0 atom stereocenters. The van der Waals surface area contributed by atoms with Crippen molar-refractivity contribution in [2.24, 2.45) is 0 Å². The first-order chi connectivity index (χ1) is 13.2. The quantitative estimate of drug-likeness (QED) is 0.772. The maximum Gasteiger partial charge on any atom is 0.254 e. The fourth-order valence-corrected chi connectivity index (χ4v) is 3.14. The molecule has 0 bridgehead atoms. The van der Waals surface area contributed by atoms with E-state index in [9.17, 15) is 4.79 Å². The minimum absolute atomic E-state index is 0.0266. The molecule has 27 heavy (non-hydrogen) atoms. The van der Waals surface area contributed by atoms with Crippen LogP contribution >= 0.6 is 0 Å². The number of amides is 1. The molecule has 0 spiro atoms. The van der Waals surface area contributed by atoms with Crippen LogP contribution in [0.4, 0.5) is 0 Å². The van der Waals surface area contributed by atoms with Crippen LogP contribution in [-0.2, 0) is 13.0 Å². The largest absolute Gasteiger partial charge is 0.489 e. The Hall–Kier alpha value is -3.66. The molecule has 1 aliphatic heterocycles. The van der Waals surface area contributed by atoms with Crippen molar-refractivity contribution in [3.63, 3.8) is 0 Å². The maximum atomic E-state index is 12.3. The summed E-state index contributed by atoms with van der Waals surface area (Å²) in [6, 6.07) is 15.3. The van der Waals surface area contributed by atoms with E-state index in [0.29, 0.717) is 29.3 Å². The van der Waals surface area contributed by atoms with E-state index in [1.54, 1.807) is 4.90 Å². The van der Waals surface area contributed by atoms with Gasteiger partial charge in [0.15, 0.2) is 5.69 Å². The van der Waals surface area contributed by atoms with Crippen LogP contribution < -0.4 is 4.74 Å². The highest BCUT2D eigenvalue weighted by atomic mass is 16.5. The van der Waals surface area contributed by atoms with Crippen LogP contribution in [0.2, 0.25) is 0 Å². The zero-order valence-corrected chi connectivity index (χ0v) is 14.8. The van der Waals surface area contributed by atoms with Crippen molar-refractivity contribution in [2.45, 2.75) is 13.0 Å². The first-order valence-electron chi connectivity index (χ1n) is 8.57. The Balaban J connectivity index is 1.52. The molecule has 0 unspecified atom stereocenters. The lowest BCUT2D eigenvalue weighted by molar-refractivity contribution is 0.0780. The molecule has 0 radical (unpaired) electrons. The number of rotatable bonds is 4. The highest BCUT2D eigenvalue weighted by Crippen LogP contribution is 2.25. The SMILES string of the molecule is CN1CCc2ccc(OCc3cccc(-c4nn[nH]c4C#N)c3)cc2C1=O. The van der Waals surface area contributed by atoms with Crippen molar-refractivity contribution in [1.82, 2.24) is 20.3 Å². The topological polar surface area (TPSA) is 94.9 Å². The van der Waals surface area contributed by atoms with Gasteiger partial charge in [0.05, 0.1) is 0 Å². The number of hydrogen-bond donors (Lipinski definition) is 1. The molecular weight excluding hydrogens is 342 g/mol. The Bertz CT molecular complexity index is 1050. The third kappa shape index (κ3) is 3.25. The second-order valence-electron chi connectivity index (χ2n) is 6.43. The second kappa shape index (κ2) is 6.92. The Kier molecular flexibility index (Phi) is 4.30. The number of likely N-dealkylation sites (N-methyl/N-ethyl adjacent to an activating group) is 1. The van der Waals surface area contributed by atoms with Gasteiger partial charge in [-0.15, -0.1) is 5.10 Å². The molecule has 1 N–H and O–H groups in total. The van der Waals surface area contributed by atoms with Gasteiger partial charge in [0, 0.05) is 24.7 Å². The van der Waals surface area contributed by atoms with Crippen LogP contribution in [0.3, 0.4) is 0 Å². The van der Waals surface area contributed by atoms with Crippen molar-refractivity contribution < 1.29 is 9.53 Å². The summed E-state index contributed by atoms with van der Waals surface area (Å²) in [5.74, 6) is 0.681. The summed E-state index contributed by atoms with van der Waals surface area (Å²) >= 11 is 0. The standard InChI is InChI=1S/C20H17N5O2/c1-25-8-7-14-5-6-16(10-17(14)20(25)26)27-12-13-3-2-4-15(9-13)19-18(11-21)22-24-23-19/h2-6,9-10H,7-8,12H2,1H3,(H,22,23,24). The number of nitrogens with zero attached hydrogens (tertiary/aromatic N) is 4. The minimum Gasteiger partial charge on any atom is -0.489 e. The highest BCUT2D eigenvalue weighted by Gasteiger charge is 2.21. The normalized spacial score (nSPS) is 13.2. The van der Waals surface area contributed by atoms with Gasteiger partial charge in [0.1, 0.15) is 24.1 Å². The van der Waals surface area contributed by atoms with Gasteiger partial charge in [-0.2, -0.15) is 5.26 Å². The van der Waals surface area contributed by atoms with Crippen molar-refractivity contribution in [1.29, 1.82) is 5.26 Å². The number of nitrogens with one attached hydrogen (secondary N) is 1. The molecule has 1 aromatic heterocycles. The number of H-pyrrole nitrogens is 1. The van der Waals surface area contributed by atoms with Gasteiger partial charge in [-0.05, 0) is 35.7 Å². The number of ether oxygens (including phenoxy) is 1. The second-order valence-corrected chi connectivity index (χ2v) is 6.43. The average Bonchev–Trinajstić information content (AvgIpc) is 3.18. The molecule has 7 heteroatoms. The lowest BCUT2D eigenvalue weighted by Gasteiger charge is -2.25. The predicted molar refractivity (Wildman–Crippen MR) is 98.0 cm³/mol. The monoisotopic (exact) mass is 359 g/mol. The minimum atomic E-state index is 0.0266. The van der Waals surface area contributed by atoms with Crippen LogP contribution in [-0.4, -0.2) is 39.8 Å². The summed E-state index contributed by atoms with van der Waals surface area (Å²) in [5.41, 5.74) is 4.33. The van der Waals surface area contributed by atoms with Gasteiger partial charge in [0.25, 0.3) is 5.91 Å². The van der Waals surface area contributed by atoms with Gasteiger partial charge >= 0.3 is 0 Å². The molecule has 7 nitrogen and oxygen atoms in total. The molecule has 2 aromatic carbocycles. The predicted octanol–water partition coefficient (Wildman–Crippen LogP) is 2.55. The van der Waals surface area contributed by atoms with E-state index in [-0.39, 0.29) is 5.91 Å². The number of fused-ring (bicyclic) bond motifs is 1. The van der Waals surface area contributed by atoms with Gasteiger partial charge in [-0.3, -0.25) is 4.79 Å². The van der Waals surface area contributed by atoms with E-state index in [2.05, 4.69) is 15.4 Å². The molecule has 3 aromatic rings. The first kappa shape index (κ1) is 16.8. The summed E-state index contributed by atoms with van der Waals surface area (Å²) < 4.78 is 5.89. The molecule has 134 valence electrons. The van der Waals surface area contributed by atoms with Gasteiger partial charge in [-0.25, -0.2) is 5.10 Å². The third-order valence-electron chi connectivity index (χ3n) is 4.64. The fourth-order valence-electron chi connectivity index (χ4n) is 3.14. The van der Waals surface area contributed by atoms with Crippen LogP contribution in [0.1, 0.15) is 27.2 Å². The lowest BCUT2D eigenvalue weighted by atomic mass is 9.99. The molecule has 1 aliphatic rings. The zero-order chi connectivity index (χ0) is 18.8. The Morgan fingerprint density at radius 2 is 2.19 bits per heavy atom. The Labute approximate surface area is 156 Å². The van der Waals surface area contributed by atoms with E-state index in [4.69, 9.17) is 10.00 Å². The van der Waals surface area contributed by atoms with E-state index in [1.165, 1.54) is 0 Å². The molecule has 0 aliphatic carbocycles. The number of benzene rings is 2. The summed E-state index contributed by atoms with van der Waals surface area (Å²) in [6.07, 6.45) is 0.860. The number of hydrogen-bond acceptors (Lipinski definition) is 5. The number of aromatic nitrogens is 3. The van der Waals surface area contributed by atoms with Gasteiger partial charge < -0.3 is 9.64 Å². The number of aromatic amines is 1. The van der Waals surface area contributed by atoms with Crippen molar-refractivity contribution in [3.8, 4) is 23.1 Å². The van der Waals surface area contributed by atoms with Crippen LogP contribution in [0.15, 0.2) is 42.5 Å². The van der Waals surface area contributed by atoms with Crippen LogP contribution in [0, 0.1) is 11.3 Å². The summed E-state index contributed by atoms with van der Waals surface area (Å²) in [7, 11) is 1.81. The van der Waals surface area contributed by atoms with E-state index in [1.807, 2.05) is 55.6 Å². The fraction of sp³-hybridized carbons (Fsp3) is 0.200. The van der Waals surface area contributed by atoms with Crippen LogP contribution in [0.25, 0.3) is 11.3 Å². The third-order valence-corrected chi connectivity index (χ3v) is 4.64. The van der Waals surface area contributed by atoms with Crippen molar-refractivity contribution in [2.75, 3.05) is 13.6 Å². The molecule has 1 amide bonds.